The Bertz CT molecular complexity index is 2360. The van der Waals surface area contributed by atoms with Crippen LogP contribution in [0.25, 0.3) is 10.8 Å². The Morgan fingerprint density at radius 2 is 1.64 bits per heavy atom. The SMILES string of the molecule is CC1(C)[C@H](NC(=O)c2cnc(N3CCC(CN4CCN(c5ccc6c(=O)n([C@H]7CCC(=O)NC7=O)ncc6c5)CC4)CC3)nc2)C(C)(C)[C@H]1Oc1ccc(C#N)c(Cl)c1. The van der Waals surface area contributed by atoms with E-state index in [0.717, 1.165) is 69.7 Å². The predicted molar refractivity (Wildman–Crippen MR) is 222 cm³/mol. The van der Waals surface area contributed by atoms with Crippen LogP contribution in [0.5, 0.6) is 5.75 Å². The minimum absolute atomic E-state index is 0.171. The van der Waals surface area contributed by atoms with Crippen LogP contribution in [0, 0.1) is 28.1 Å². The first-order valence-corrected chi connectivity index (χ1v) is 20.7. The number of imide groups is 1. The molecule has 2 N–H and O–H groups in total. The summed E-state index contributed by atoms with van der Waals surface area (Å²) in [6, 6.07) is 11.9. The number of carbonyl (C=O) groups is 3. The van der Waals surface area contributed by atoms with Crippen LogP contribution in [0.2, 0.25) is 5.02 Å². The molecule has 0 bridgehead atoms. The lowest BCUT2D eigenvalue weighted by Crippen LogP contribution is -2.74. The van der Waals surface area contributed by atoms with Gasteiger partial charge in [0.25, 0.3) is 17.4 Å². The minimum atomic E-state index is -0.787. The van der Waals surface area contributed by atoms with Crippen molar-refractivity contribution in [3.63, 3.8) is 0 Å². The van der Waals surface area contributed by atoms with Gasteiger partial charge in [0, 0.05) is 98.6 Å². The van der Waals surface area contributed by atoms with Gasteiger partial charge in [0.1, 0.15) is 24.0 Å². The van der Waals surface area contributed by atoms with Crippen molar-refractivity contribution in [2.75, 3.05) is 55.6 Å². The summed E-state index contributed by atoms with van der Waals surface area (Å²) >= 11 is 6.24. The molecule has 4 fully saturated rings. The molecule has 16 heteroatoms. The van der Waals surface area contributed by atoms with Crippen LogP contribution in [-0.4, -0.2) is 100 Å². The highest BCUT2D eigenvalue weighted by molar-refractivity contribution is 6.31. The van der Waals surface area contributed by atoms with Crippen LogP contribution >= 0.6 is 11.6 Å². The quantitative estimate of drug-likeness (QED) is 0.229. The average Bonchev–Trinajstić information content (AvgIpc) is 3.22. The van der Waals surface area contributed by atoms with Gasteiger partial charge in [-0.15, -0.1) is 0 Å². The molecule has 308 valence electrons. The van der Waals surface area contributed by atoms with Crippen molar-refractivity contribution in [2.24, 2.45) is 16.7 Å². The number of nitrogens with zero attached hydrogens (tertiary/aromatic N) is 8. The monoisotopic (exact) mass is 820 g/mol. The number of amides is 3. The number of nitriles is 1. The normalized spacial score (nSPS) is 23.3. The fourth-order valence-electron chi connectivity index (χ4n) is 9.77. The van der Waals surface area contributed by atoms with Gasteiger partial charge in [-0.3, -0.25) is 29.4 Å². The first kappa shape index (κ1) is 40.2. The van der Waals surface area contributed by atoms with E-state index in [9.17, 15) is 24.4 Å². The molecule has 0 spiro atoms. The molecule has 2 aromatic carbocycles. The third-order valence-electron chi connectivity index (χ3n) is 12.8. The van der Waals surface area contributed by atoms with Crippen LogP contribution in [-0.2, 0) is 9.59 Å². The first-order chi connectivity index (χ1) is 28.2. The Balaban J connectivity index is 0.792. The maximum atomic E-state index is 13.4. The van der Waals surface area contributed by atoms with Crippen LogP contribution in [0.1, 0.15) is 75.3 Å². The van der Waals surface area contributed by atoms with E-state index >= 15 is 0 Å². The van der Waals surface area contributed by atoms with Crippen molar-refractivity contribution in [1.82, 2.24) is 35.3 Å². The number of hydrogen-bond acceptors (Lipinski definition) is 12. The summed E-state index contributed by atoms with van der Waals surface area (Å²) in [5.41, 5.74) is 0.736. The average molecular weight is 821 g/mol. The second-order valence-corrected chi connectivity index (χ2v) is 17.8. The highest BCUT2D eigenvalue weighted by atomic mass is 35.5. The highest BCUT2D eigenvalue weighted by Crippen LogP contribution is 2.55. The number of piperidine rings is 2. The Morgan fingerprint density at radius 1 is 0.932 bits per heavy atom. The third-order valence-corrected chi connectivity index (χ3v) is 13.1. The molecule has 15 nitrogen and oxygen atoms in total. The molecule has 8 rings (SSSR count). The Morgan fingerprint density at radius 3 is 2.31 bits per heavy atom. The standard InChI is InChI=1S/C43H49ClN10O5/c1-42(2)39(43(3,4)40(42)59-31-7-5-27(21-45)33(44)20-31)50-36(56)29-22-46-41(47-23-29)53-13-11-26(12-14-53)25-51-15-17-52(18-16-51)30-6-8-32-28(19-30)24-48-54(38(32)58)34-9-10-35(55)49-37(34)57/h5-8,19-20,22-24,26,34,39-40H,9-18,25H2,1-4H3,(H,50,56)(H,49,55,57)/t34-,39-,40-/m0/s1. The molecule has 2 aromatic heterocycles. The lowest BCUT2D eigenvalue weighted by atomic mass is 9.49. The number of halogens is 1. The van der Waals surface area contributed by atoms with Gasteiger partial charge in [-0.2, -0.15) is 10.4 Å². The number of carbonyl (C=O) groups excluding carboxylic acids is 3. The van der Waals surface area contributed by atoms with Crippen LogP contribution in [0.4, 0.5) is 11.6 Å². The fraction of sp³-hybridized carbons (Fsp3) is 0.488. The summed E-state index contributed by atoms with van der Waals surface area (Å²) in [4.78, 5) is 66.9. The Labute approximate surface area is 347 Å². The van der Waals surface area contributed by atoms with Crippen LogP contribution in [0.15, 0.2) is 59.8 Å². The molecule has 1 aliphatic carbocycles. The molecular weight excluding hydrogens is 772 g/mol. The molecule has 1 saturated carbocycles. The van der Waals surface area contributed by atoms with Gasteiger partial charge in [0.15, 0.2) is 0 Å². The lowest BCUT2D eigenvalue weighted by Gasteiger charge is -2.63. The van der Waals surface area contributed by atoms with Crippen molar-refractivity contribution in [3.05, 3.63) is 81.5 Å². The zero-order chi connectivity index (χ0) is 41.6. The van der Waals surface area contributed by atoms with Gasteiger partial charge in [-0.05, 0) is 55.5 Å². The Hall–Kier alpha value is -5.59. The number of aromatic nitrogens is 4. The number of fused-ring (bicyclic) bond motifs is 1. The van der Waals surface area contributed by atoms with E-state index < -0.39 is 11.9 Å². The second kappa shape index (κ2) is 15.9. The summed E-state index contributed by atoms with van der Waals surface area (Å²) in [7, 11) is 0. The van der Waals surface area contributed by atoms with Gasteiger partial charge in [-0.1, -0.05) is 39.3 Å². The van der Waals surface area contributed by atoms with Crippen molar-refractivity contribution in [2.45, 2.75) is 71.6 Å². The number of hydrogen-bond donors (Lipinski definition) is 2. The summed E-state index contributed by atoms with van der Waals surface area (Å²) in [5.74, 6) is 0.733. The number of nitrogens with one attached hydrogen (secondary N) is 2. The number of rotatable bonds is 9. The van der Waals surface area contributed by atoms with Crippen molar-refractivity contribution in [3.8, 4) is 11.8 Å². The molecule has 1 atom stereocenters. The van der Waals surface area contributed by atoms with Crippen molar-refractivity contribution < 1.29 is 19.1 Å². The number of ether oxygens (including phenoxy) is 1. The van der Waals surface area contributed by atoms with Gasteiger partial charge < -0.3 is 19.9 Å². The van der Waals surface area contributed by atoms with Crippen molar-refractivity contribution in [1.29, 1.82) is 5.26 Å². The molecule has 3 amide bonds. The predicted octanol–water partition coefficient (Wildman–Crippen LogP) is 4.34. The molecule has 3 aliphatic heterocycles. The molecule has 5 heterocycles. The van der Waals surface area contributed by atoms with E-state index in [2.05, 4.69) is 74.2 Å². The molecule has 3 saturated heterocycles. The molecule has 0 radical (unpaired) electrons. The third kappa shape index (κ3) is 7.83. The molecule has 0 unspecified atom stereocenters. The maximum absolute atomic E-state index is 13.4. The highest BCUT2D eigenvalue weighted by Gasteiger charge is 2.64. The smallest absolute Gasteiger partial charge is 0.275 e. The van der Waals surface area contributed by atoms with E-state index in [1.165, 1.54) is 4.68 Å². The number of piperazine rings is 1. The van der Waals surface area contributed by atoms with E-state index in [1.807, 2.05) is 18.2 Å². The first-order valence-electron chi connectivity index (χ1n) is 20.3. The second-order valence-electron chi connectivity index (χ2n) is 17.4. The van der Waals surface area contributed by atoms with Crippen LogP contribution in [0.3, 0.4) is 0 Å². The summed E-state index contributed by atoms with van der Waals surface area (Å²) in [6.45, 7) is 14.6. The van der Waals surface area contributed by atoms with E-state index in [1.54, 1.807) is 36.8 Å². The van der Waals surface area contributed by atoms with Gasteiger partial charge in [0.05, 0.1) is 27.7 Å². The van der Waals surface area contributed by atoms with Crippen LogP contribution < -0.4 is 30.7 Å². The van der Waals surface area contributed by atoms with E-state index in [0.29, 0.717) is 39.2 Å². The minimum Gasteiger partial charge on any atom is -0.489 e. The molecule has 4 aliphatic rings. The van der Waals surface area contributed by atoms with E-state index in [-0.39, 0.29) is 53.2 Å². The van der Waals surface area contributed by atoms with Gasteiger partial charge in [-0.25, -0.2) is 14.6 Å². The number of benzene rings is 2. The van der Waals surface area contributed by atoms with Gasteiger partial charge in [0.2, 0.25) is 11.9 Å². The summed E-state index contributed by atoms with van der Waals surface area (Å²) < 4.78 is 7.56. The molecule has 4 aromatic rings. The zero-order valence-electron chi connectivity index (χ0n) is 33.8. The van der Waals surface area contributed by atoms with Gasteiger partial charge >= 0.3 is 0 Å². The topological polar surface area (TPSA) is 179 Å². The lowest BCUT2D eigenvalue weighted by molar-refractivity contribution is -0.164. The van der Waals surface area contributed by atoms with E-state index in [4.69, 9.17) is 16.3 Å². The maximum Gasteiger partial charge on any atom is 0.275 e. The Kier molecular flexibility index (Phi) is 10.8. The summed E-state index contributed by atoms with van der Waals surface area (Å²) in [6.07, 6.45) is 7.14. The summed E-state index contributed by atoms with van der Waals surface area (Å²) in [5, 5.41) is 20.6. The molecule has 59 heavy (non-hydrogen) atoms. The fourth-order valence-corrected chi connectivity index (χ4v) is 9.98. The molecular formula is C43H49ClN10O5. The zero-order valence-corrected chi connectivity index (χ0v) is 34.5. The number of anilines is 2. The largest absolute Gasteiger partial charge is 0.489 e. The van der Waals surface area contributed by atoms with Crippen molar-refractivity contribution >= 4 is 51.7 Å².